The first-order chi connectivity index (χ1) is 3.91. The molecule has 0 unspecified atom stereocenters. The van der Waals surface area contributed by atoms with Crippen molar-refractivity contribution in [3.05, 3.63) is 39.0 Å². The van der Waals surface area contributed by atoms with Gasteiger partial charge in [0.2, 0.25) is 0 Å². The lowest BCUT2D eigenvalue weighted by Gasteiger charge is -1.57. The minimum atomic E-state index is 1.08. The maximum absolute atomic E-state index is 3.48. The van der Waals surface area contributed by atoms with E-state index in [4.69, 9.17) is 0 Å². The topological polar surface area (TPSA) is 0 Å². The van der Waals surface area contributed by atoms with Gasteiger partial charge in [-0.05, 0) is 6.42 Å². The first kappa shape index (κ1) is 15.7. The first-order valence-electron chi connectivity index (χ1n) is 2.52. The number of allylic oxidation sites excluding steroid dienone is 1. The molecule has 8 heavy (non-hydrogen) atoms. The van der Waals surface area contributed by atoms with E-state index in [1.54, 1.807) is 0 Å². The summed E-state index contributed by atoms with van der Waals surface area (Å²) in [5.74, 6) is 0. The highest BCUT2D eigenvalue weighted by Gasteiger charge is 1.45. The normalized spacial score (nSPS) is 4.12. The Morgan fingerprint density at radius 2 is 1.25 bits per heavy atom. The molecular weight excluding hydrogens is 96.1 g/mol. The van der Waals surface area contributed by atoms with Crippen LogP contribution in [0, 0.1) is 0 Å². The molecule has 0 aromatic rings. The lowest BCUT2D eigenvalue weighted by Crippen LogP contribution is -1.36. The molecule has 0 aliphatic heterocycles. The highest BCUT2D eigenvalue weighted by molar-refractivity contribution is 4.60. The van der Waals surface area contributed by atoms with Gasteiger partial charge in [-0.25, -0.2) is 0 Å². The van der Waals surface area contributed by atoms with Gasteiger partial charge >= 0.3 is 0 Å². The van der Waals surface area contributed by atoms with Gasteiger partial charge in [0, 0.05) is 0 Å². The fourth-order valence-electron chi connectivity index (χ4n) is 0. The Balaban J connectivity index is -0.0000000542. The summed E-state index contributed by atoms with van der Waals surface area (Å²) in [5, 5.41) is 0. The fraction of sp³-hybridized carbons (Fsp3) is 0.250. The highest BCUT2D eigenvalue weighted by atomic mass is 13.5. The average Bonchev–Trinajstić information content (AvgIpc) is 1.96. The summed E-state index contributed by atoms with van der Waals surface area (Å²) < 4.78 is 0. The SMILES string of the molecule is C=C.C=C.C=CCC. The van der Waals surface area contributed by atoms with Crippen molar-refractivity contribution in [3.8, 4) is 0 Å². The van der Waals surface area contributed by atoms with Gasteiger partial charge in [0.1, 0.15) is 0 Å². The van der Waals surface area contributed by atoms with Crippen LogP contribution in [0.15, 0.2) is 39.0 Å². The van der Waals surface area contributed by atoms with Gasteiger partial charge < -0.3 is 0 Å². The largest absolute Gasteiger partial charge is 0.106 e. The van der Waals surface area contributed by atoms with Gasteiger partial charge in [-0.1, -0.05) is 13.0 Å². The predicted octanol–water partition coefficient (Wildman–Crippen LogP) is 3.19. The van der Waals surface area contributed by atoms with E-state index in [1.807, 2.05) is 6.08 Å². The summed E-state index contributed by atoms with van der Waals surface area (Å²) in [5.41, 5.74) is 0. The molecule has 0 saturated carbocycles. The quantitative estimate of drug-likeness (QED) is 0.457. The molecule has 0 heterocycles. The zero-order chi connectivity index (χ0) is 7.41. The molecule has 0 aliphatic rings. The summed E-state index contributed by atoms with van der Waals surface area (Å²) in [6, 6.07) is 0. The van der Waals surface area contributed by atoms with E-state index in [0.29, 0.717) is 0 Å². The zero-order valence-corrected chi connectivity index (χ0v) is 5.82. The molecule has 0 nitrogen and oxygen atoms in total. The Morgan fingerprint density at radius 1 is 1.12 bits per heavy atom. The molecule has 0 aliphatic carbocycles. The van der Waals surface area contributed by atoms with Crippen molar-refractivity contribution in [1.82, 2.24) is 0 Å². The molecule has 0 aromatic carbocycles. The summed E-state index contributed by atoms with van der Waals surface area (Å²) in [4.78, 5) is 0. The van der Waals surface area contributed by atoms with Crippen molar-refractivity contribution in [2.24, 2.45) is 0 Å². The molecule has 0 amide bonds. The molecule has 48 valence electrons. The molecule has 0 heteroatoms. The van der Waals surface area contributed by atoms with Crippen molar-refractivity contribution >= 4 is 0 Å². The third-order valence-electron chi connectivity index (χ3n) is 0.289. The van der Waals surface area contributed by atoms with Gasteiger partial charge in [0.25, 0.3) is 0 Å². The van der Waals surface area contributed by atoms with Gasteiger partial charge in [0.05, 0.1) is 0 Å². The van der Waals surface area contributed by atoms with Crippen LogP contribution in [-0.2, 0) is 0 Å². The minimum absolute atomic E-state index is 1.08. The second-order valence-corrected chi connectivity index (χ2v) is 0.697. The van der Waals surface area contributed by atoms with E-state index in [1.165, 1.54) is 0 Å². The smallest absolute Gasteiger partial charge is 0.0382 e. The van der Waals surface area contributed by atoms with E-state index in [-0.39, 0.29) is 0 Å². The Hall–Kier alpha value is -0.780. The zero-order valence-electron chi connectivity index (χ0n) is 5.82. The van der Waals surface area contributed by atoms with E-state index < -0.39 is 0 Å². The summed E-state index contributed by atoms with van der Waals surface area (Å²) >= 11 is 0. The van der Waals surface area contributed by atoms with Gasteiger partial charge in [-0.15, -0.1) is 32.9 Å². The molecule has 0 atom stereocenters. The summed E-state index contributed by atoms with van der Waals surface area (Å²) in [6.07, 6.45) is 2.96. The van der Waals surface area contributed by atoms with Crippen LogP contribution in [0.4, 0.5) is 0 Å². The summed E-state index contributed by atoms with van der Waals surface area (Å²) in [6.45, 7) is 17.5. The maximum atomic E-state index is 3.48. The molecular formula is C8H16. The first-order valence-corrected chi connectivity index (χ1v) is 2.52. The predicted molar refractivity (Wildman–Crippen MR) is 43.0 cm³/mol. The summed E-state index contributed by atoms with van der Waals surface area (Å²) in [7, 11) is 0. The number of rotatable bonds is 1. The van der Waals surface area contributed by atoms with Crippen molar-refractivity contribution in [2.45, 2.75) is 13.3 Å². The van der Waals surface area contributed by atoms with Crippen LogP contribution < -0.4 is 0 Å². The Labute approximate surface area is 53.2 Å². The van der Waals surface area contributed by atoms with Gasteiger partial charge in [-0.2, -0.15) is 0 Å². The van der Waals surface area contributed by atoms with Crippen LogP contribution in [0.25, 0.3) is 0 Å². The van der Waals surface area contributed by atoms with Crippen LogP contribution in [0.2, 0.25) is 0 Å². The lowest BCUT2D eigenvalue weighted by molar-refractivity contribution is 1.23. The van der Waals surface area contributed by atoms with Crippen LogP contribution in [0.1, 0.15) is 13.3 Å². The monoisotopic (exact) mass is 112 g/mol. The van der Waals surface area contributed by atoms with Gasteiger partial charge in [0.15, 0.2) is 0 Å². The van der Waals surface area contributed by atoms with Crippen LogP contribution in [0.5, 0.6) is 0 Å². The number of hydrogen-bond donors (Lipinski definition) is 0. The van der Waals surface area contributed by atoms with Crippen molar-refractivity contribution in [2.75, 3.05) is 0 Å². The molecule has 0 N–H and O–H groups in total. The molecule has 0 aromatic heterocycles. The van der Waals surface area contributed by atoms with E-state index in [2.05, 4.69) is 39.8 Å². The number of hydrogen-bond acceptors (Lipinski definition) is 0. The van der Waals surface area contributed by atoms with Gasteiger partial charge in [-0.3, -0.25) is 0 Å². The standard InChI is InChI=1S/C4H8.2C2H4/c1-3-4-2;2*1-2/h3H,1,4H2,2H3;2*1-2H2. The van der Waals surface area contributed by atoms with E-state index >= 15 is 0 Å². The minimum Gasteiger partial charge on any atom is -0.106 e. The average molecular weight is 112 g/mol. The van der Waals surface area contributed by atoms with Crippen molar-refractivity contribution < 1.29 is 0 Å². The highest BCUT2D eigenvalue weighted by Crippen LogP contribution is 1.66. The molecule has 0 saturated heterocycles. The Kier molecular flexibility index (Phi) is 223. The third kappa shape index (κ3) is 1920. The molecule has 0 rings (SSSR count). The van der Waals surface area contributed by atoms with Crippen LogP contribution >= 0.6 is 0 Å². The van der Waals surface area contributed by atoms with Crippen molar-refractivity contribution in [1.29, 1.82) is 0 Å². The molecule has 0 spiro atoms. The molecule has 0 fully saturated rings. The van der Waals surface area contributed by atoms with E-state index in [9.17, 15) is 0 Å². The second kappa shape index (κ2) is 114. The second-order valence-electron chi connectivity index (χ2n) is 0.697. The Morgan fingerprint density at radius 3 is 1.25 bits per heavy atom. The van der Waals surface area contributed by atoms with Crippen LogP contribution in [0.3, 0.4) is 0 Å². The van der Waals surface area contributed by atoms with Crippen molar-refractivity contribution in [3.63, 3.8) is 0 Å². The molecule has 0 radical (unpaired) electrons. The molecule has 0 bridgehead atoms. The lowest BCUT2D eigenvalue weighted by atomic mass is 10.5. The third-order valence-corrected chi connectivity index (χ3v) is 0.289. The van der Waals surface area contributed by atoms with Crippen LogP contribution in [-0.4, -0.2) is 0 Å². The van der Waals surface area contributed by atoms with E-state index in [0.717, 1.165) is 6.42 Å². The maximum Gasteiger partial charge on any atom is -0.0382 e. The Bertz CT molecular complexity index is 27.0. The fourth-order valence-corrected chi connectivity index (χ4v) is 0.